The topological polar surface area (TPSA) is 75.7 Å². The average molecular weight is 445 g/mol. The van der Waals surface area contributed by atoms with Gasteiger partial charge >= 0.3 is 0 Å². The Bertz CT molecular complexity index is 1030. The van der Waals surface area contributed by atoms with E-state index in [-0.39, 0.29) is 23.3 Å². The van der Waals surface area contributed by atoms with Crippen LogP contribution in [0.4, 0.5) is 5.69 Å². The van der Waals surface area contributed by atoms with Gasteiger partial charge in [0.05, 0.1) is 17.9 Å². The summed E-state index contributed by atoms with van der Waals surface area (Å²) in [5.74, 6) is 0.162. The Morgan fingerprint density at radius 1 is 1.16 bits per heavy atom. The molecule has 0 aromatic heterocycles. The van der Waals surface area contributed by atoms with Gasteiger partial charge in [0.25, 0.3) is 0 Å². The number of ether oxygens (including phenoxy) is 1. The fourth-order valence-electron chi connectivity index (χ4n) is 4.16. The molecule has 168 valence electrons. The van der Waals surface area contributed by atoms with Crippen LogP contribution in [0.3, 0.4) is 0 Å². The molecule has 6 nitrogen and oxygen atoms in total. The average Bonchev–Trinajstić information content (AvgIpc) is 2.79. The van der Waals surface area contributed by atoms with Crippen LogP contribution in [0.2, 0.25) is 0 Å². The van der Waals surface area contributed by atoms with Gasteiger partial charge in [-0.3, -0.25) is 4.79 Å². The van der Waals surface area contributed by atoms with Crippen molar-refractivity contribution < 1.29 is 17.9 Å². The quantitative estimate of drug-likeness (QED) is 0.696. The maximum atomic E-state index is 13.2. The number of piperidine rings is 1. The zero-order chi connectivity index (χ0) is 22.6. The normalized spacial score (nSPS) is 17.4. The van der Waals surface area contributed by atoms with Gasteiger partial charge in [0, 0.05) is 18.8 Å². The number of sulfonamides is 1. The van der Waals surface area contributed by atoms with Crippen LogP contribution in [0.5, 0.6) is 5.75 Å². The van der Waals surface area contributed by atoms with Crippen LogP contribution >= 0.6 is 0 Å². The number of nitrogens with zero attached hydrogens (tertiary/aromatic N) is 1. The molecule has 1 atom stereocenters. The fourth-order valence-corrected chi connectivity index (χ4v) is 5.77. The zero-order valence-corrected chi connectivity index (χ0v) is 19.6. The van der Waals surface area contributed by atoms with E-state index in [4.69, 9.17) is 4.74 Å². The number of carbonyl (C=O) groups is 1. The second-order valence-electron chi connectivity index (χ2n) is 7.98. The molecule has 1 aliphatic rings. The maximum Gasteiger partial charge on any atom is 0.243 e. The van der Waals surface area contributed by atoms with Crippen molar-refractivity contribution in [2.75, 3.05) is 25.5 Å². The van der Waals surface area contributed by atoms with Gasteiger partial charge < -0.3 is 10.1 Å². The van der Waals surface area contributed by atoms with Crippen LogP contribution in [0, 0.1) is 12.8 Å². The first kappa shape index (κ1) is 23.3. The maximum absolute atomic E-state index is 13.2. The Hall–Kier alpha value is -2.38. The number of rotatable bonds is 7. The lowest BCUT2D eigenvalue weighted by molar-refractivity contribution is -0.120. The molecule has 1 fully saturated rings. The van der Waals surface area contributed by atoms with E-state index in [1.165, 1.54) is 4.31 Å². The summed E-state index contributed by atoms with van der Waals surface area (Å²) in [6, 6.07) is 10.9. The number of hydrogen-bond acceptors (Lipinski definition) is 4. The van der Waals surface area contributed by atoms with E-state index in [9.17, 15) is 13.2 Å². The molecule has 1 heterocycles. The highest BCUT2D eigenvalue weighted by atomic mass is 32.2. The van der Waals surface area contributed by atoms with Crippen LogP contribution in [0.1, 0.15) is 43.4 Å². The molecule has 1 amide bonds. The van der Waals surface area contributed by atoms with Crippen molar-refractivity contribution in [1.82, 2.24) is 4.31 Å². The highest BCUT2D eigenvalue weighted by Crippen LogP contribution is 2.29. The minimum absolute atomic E-state index is 0.110. The minimum Gasteiger partial charge on any atom is -0.496 e. The van der Waals surface area contributed by atoms with E-state index in [0.29, 0.717) is 25.1 Å². The van der Waals surface area contributed by atoms with E-state index in [1.807, 2.05) is 25.1 Å². The largest absolute Gasteiger partial charge is 0.496 e. The second-order valence-corrected chi connectivity index (χ2v) is 9.92. The van der Waals surface area contributed by atoms with E-state index in [2.05, 4.69) is 19.2 Å². The number of anilines is 1. The predicted octanol–water partition coefficient (Wildman–Crippen LogP) is 4.17. The van der Waals surface area contributed by atoms with Crippen LogP contribution in [-0.4, -0.2) is 38.8 Å². The Kier molecular flexibility index (Phi) is 7.38. The predicted molar refractivity (Wildman–Crippen MR) is 123 cm³/mol. The van der Waals surface area contributed by atoms with Crippen LogP contribution in [-0.2, 0) is 27.7 Å². The van der Waals surface area contributed by atoms with E-state index >= 15 is 0 Å². The smallest absolute Gasteiger partial charge is 0.243 e. The lowest BCUT2D eigenvalue weighted by atomic mass is 9.97. The summed E-state index contributed by atoms with van der Waals surface area (Å²) < 4.78 is 33.1. The molecule has 1 N–H and O–H groups in total. The number of para-hydroxylation sites is 1. The first-order valence-electron chi connectivity index (χ1n) is 10.9. The third-order valence-corrected chi connectivity index (χ3v) is 7.87. The van der Waals surface area contributed by atoms with Crippen LogP contribution in [0.25, 0.3) is 0 Å². The molecular formula is C24H32N2O4S. The van der Waals surface area contributed by atoms with Crippen LogP contribution < -0.4 is 10.1 Å². The lowest BCUT2D eigenvalue weighted by Crippen LogP contribution is -2.43. The summed E-state index contributed by atoms with van der Waals surface area (Å²) in [6.07, 6.45) is 2.98. The molecule has 3 rings (SSSR count). The molecule has 0 radical (unpaired) electrons. The molecule has 1 aliphatic heterocycles. The molecule has 31 heavy (non-hydrogen) atoms. The molecule has 1 saturated heterocycles. The summed E-state index contributed by atoms with van der Waals surface area (Å²) in [4.78, 5) is 13.3. The van der Waals surface area contributed by atoms with E-state index in [0.717, 1.165) is 35.2 Å². The number of benzene rings is 2. The van der Waals surface area contributed by atoms with Crippen molar-refractivity contribution in [3.8, 4) is 5.75 Å². The van der Waals surface area contributed by atoms with E-state index in [1.54, 1.807) is 25.3 Å². The number of methoxy groups -OCH3 is 1. The summed E-state index contributed by atoms with van der Waals surface area (Å²) in [5.41, 5.74) is 3.84. The van der Waals surface area contributed by atoms with E-state index < -0.39 is 10.0 Å². The first-order chi connectivity index (χ1) is 14.8. The van der Waals surface area contributed by atoms with Crippen LogP contribution in [0.15, 0.2) is 41.3 Å². The number of amides is 1. The summed E-state index contributed by atoms with van der Waals surface area (Å²) in [6.45, 7) is 6.56. The summed E-state index contributed by atoms with van der Waals surface area (Å²) >= 11 is 0. The molecule has 0 aliphatic carbocycles. The summed E-state index contributed by atoms with van der Waals surface area (Å²) in [7, 11) is -2.12. The van der Waals surface area contributed by atoms with Gasteiger partial charge in [-0.15, -0.1) is 0 Å². The molecule has 2 aromatic rings. The number of aryl methyl sites for hydroxylation is 3. The Morgan fingerprint density at radius 3 is 2.42 bits per heavy atom. The molecule has 0 spiro atoms. The van der Waals surface area contributed by atoms with Crippen molar-refractivity contribution in [2.24, 2.45) is 5.92 Å². The highest BCUT2D eigenvalue weighted by molar-refractivity contribution is 7.89. The van der Waals surface area contributed by atoms with Crippen molar-refractivity contribution >= 4 is 21.6 Å². The van der Waals surface area contributed by atoms with Gasteiger partial charge in [0.15, 0.2) is 0 Å². The Morgan fingerprint density at radius 2 is 1.84 bits per heavy atom. The lowest BCUT2D eigenvalue weighted by Gasteiger charge is -2.31. The number of hydrogen-bond donors (Lipinski definition) is 1. The standard InChI is InChI=1S/C24H32N2O4S/c1-5-18-9-7-10-19(6-2)23(18)25-24(27)20-11-8-14-26(16-20)31(28,29)21-12-13-22(30-4)17(3)15-21/h7,9-10,12-13,15,20H,5-6,8,11,14,16H2,1-4H3,(H,25,27)/t20-/m1/s1. The van der Waals surface area contributed by atoms with Crippen molar-refractivity contribution in [2.45, 2.75) is 51.3 Å². The van der Waals surface area contributed by atoms with Gasteiger partial charge in [-0.1, -0.05) is 32.0 Å². The van der Waals surface area contributed by atoms with Gasteiger partial charge in [-0.25, -0.2) is 8.42 Å². The second kappa shape index (κ2) is 9.83. The number of carbonyl (C=O) groups excluding carboxylic acids is 1. The molecular weight excluding hydrogens is 412 g/mol. The fraction of sp³-hybridized carbons (Fsp3) is 0.458. The SMILES string of the molecule is CCc1cccc(CC)c1NC(=O)[C@@H]1CCCN(S(=O)(=O)c2ccc(OC)c(C)c2)C1. The molecule has 2 aromatic carbocycles. The van der Waals surface area contributed by atoms with Crippen molar-refractivity contribution in [3.63, 3.8) is 0 Å². The van der Waals surface area contributed by atoms with Gasteiger partial charge in [0.1, 0.15) is 5.75 Å². The van der Waals surface area contributed by atoms with Crippen molar-refractivity contribution in [3.05, 3.63) is 53.1 Å². The minimum atomic E-state index is -3.68. The highest BCUT2D eigenvalue weighted by Gasteiger charge is 2.34. The van der Waals surface area contributed by atoms with Gasteiger partial charge in [-0.05, 0) is 67.5 Å². The van der Waals surface area contributed by atoms with Gasteiger partial charge in [-0.2, -0.15) is 4.31 Å². The third kappa shape index (κ3) is 4.93. The Balaban J connectivity index is 1.79. The monoisotopic (exact) mass is 444 g/mol. The molecule has 0 unspecified atom stereocenters. The zero-order valence-electron chi connectivity index (χ0n) is 18.8. The molecule has 0 bridgehead atoms. The third-order valence-electron chi connectivity index (χ3n) is 6.01. The molecule has 7 heteroatoms. The van der Waals surface area contributed by atoms with Crippen molar-refractivity contribution in [1.29, 1.82) is 0 Å². The van der Waals surface area contributed by atoms with Gasteiger partial charge in [0.2, 0.25) is 15.9 Å². The number of nitrogens with one attached hydrogen (secondary N) is 1. The Labute approximate surface area is 185 Å². The first-order valence-corrected chi connectivity index (χ1v) is 12.3. The molecule has 0 saturated carbocycles. The summed E-state index contributed by atoms with van der Waals surface area (Å²) in [5, 5.41) is 3.11.